The van der Waals surface area contributed by atoms with Crippen LogP contribution in [-0.4, -0.2) is 5.78 Å². The second-order valence-electron chi connectivity index (χ2n) is 3.73. The summed E-state index contributed by atoms with van der Waals surface area (Å²) in [5, 5.41) is 0. The van der Waals surface area contributed by atoms with Crippen LogP contribution in [0.1, 0.15) is 46.5 Å². The molecule has 0 heterocycles. The Morgan fingerprint density at radius 3 is 1.91 bits per heavy atom. The Morgan fingerprint density at radius 2 is 1.82 bits per heavy atom. The van der Waals surface area contributed by atoms with E-state index in [4.69, 9.17) is 0 Å². The van der Waals surface area contributed by atoms with Crippen molar-refractivity contribution in [3.8, 4) is 0 Å². The number of hydrogen-bond acceptors (Lipinski definition) is 1. The Kier molecular flexibility index (Phi) is 2.36. The molecule has 64 valence electrons. The number of Topliss-reactive ketones (excluding diaryl/α,β-unsaturated/α-hetero) is 1. The lowest BCUT2D eigenvalue weighted by atomic mass is 9.82. The van der Waals surface area contributed by atoms with E-state index in [2.05, 4.69) is 13.8 Å². The zero-order chi connectivity index (χ0) is 8.48. The van der Waals surface area contributed by atoms with Crippen molar-refractivity contribution < 1.29 is 4.79 Å². The molecule has 0 unspecified atom stereocenters. The summed E-state index contributed by atoms with van der Waals surface area (Å²) in [6.07, 6.45) is 4.62. The summed E-state index contributed by atoms with van der Waals surface area (Å²) in [6, 6.07) is 0. The van der Waals surface area contributed by atoms with E-state index in [0.29, 0.717) is 11.7 Å². The molecule has 0 aromatic carbocycles. The van der Waals surface area contributed by atoms with Gasteiger partial charge in [0.25, 0.3) is 0 Å². The maximum absolute atomic E-state index is 11.3. The molecule has 1 nitrogen and oxygen atoms in total. The van der Waals surface area contributed by atoms with Gasteiger partial charge < -0.3 is 0 Å². The topological polar surface area (TPSA) is 17.1 Å². The summed E-state index contributed by atoms with van der Waals surface area (Å²) >= 11 is 0. The van der Waals surface area contributed by atoms with Crippen LogP contribution in [-0.2, 0) is 4.79 Å². The van der Waals surface area contributed by atoms with Crippen molar-refractivity contribution in [1.29, 1.82) is 0 Å². The second kappa shape index (κ2) is 2.96. The summed E-state index contributed by atoms with van der Waals surface area (Å²) in [5.74, 6) is 1.08. The number of carbonyl (C=O) groups is 1. The van der Waals surface area contributed by atoms with Gasteiger partial charge in [0.15, 0.2) is 0 Å². The molecule has 1 aliphatic rings. The van der Waals surface area contributed by atoms with Crippen LogP contribution in [0.5, 0.6) is 0 Å². The lowest BCUT2D eigenvalue weighted by Crippen LogP contribution is -2.22. The van der Waals surface area contributed by atoms with Crippen LogP contribution < -0.4 is 0 Å². The molecule has 0 saturated heterocycles. The van der Waals surface area contributed by atoms with E-state index < -0.39 is 0 Å². The molecule has 0 N–H and O–H groups in total. The molecule has 1 saturated carbocycles. The molecule has 0 spiro atoms. The van der Waals surface area contributed by atoms with Crippen molar-refractivity contribution in [1.82, 2.24) is 0 Å². The molecule has 0 aliphatic heterocycles. The van der Waals surface area contributed by atoms with Gasteiger partial charge in [0.1, 0.15) is 5.78 Å². The fourth-order valence-electron chi connectivity index (χ4n) is 2.25. The van der Waals surface area contributed by atoms with Crippen LogP contribution in [0.4, 0.5) is 0 Å². The first kappa shape index (κ1) is 8.76. The number of rotatable bonds is 4. The van der Waals surface area contributed by atoms with Crippen LogP contribution in [0.2, 0.25) is 0 Å². The molecule has 0 amide bonds. The summed E-state index contributed by atoms with van der Waals surface area (Å²) < 4.78 is 0. The quantitative estimate of drug-likeness (QED) is 0.608. The van der Waals surface area contributed by atoms with Gasteiger partial charge in [-0.15, -0.1) is 0 Å². The SMILES string of the molecule is CCC(CC)C1(C(C)=O)CC1. The van der Waals surface area contributed by atoms with E-state index in [1.54, 1.807) is 6.92 Å². The third kappa shape index (κ3) is 1.33. The largest absolute Gasteiger partial charge is 0.299 e. The molecule has 0 radical (unpaired) electrons. The van der Waals surface area contributed by atoms with Gasteiger partial charge >= 0.3 is 0 Å². The fourth-order valence-corrected chi connectivity index (χ4v) is 2.25. The molecule has 1 fully saturated rings. The normalized spacial score (nSPS) is 20.4. The minimum atomic E-state index is 0.128. The molecular weight excluding hydrogens is 136 g/mol. The van der Waals surface area contributed by atoms with Crippen molar-refractivity contribution in [2.24, 2.45) is 11.3 Å². The van der Waals surface area contributed by atoms with Gasteiger partial charge in [0, 0.05) is 5.41 Å². The van der Waals surface area contributed by atoms with E-state index in [9.17, 15) is 4.79 Å². The molecule has 11 heavy (non-hydrogen) atoms. The van der Waals surface area contributed by atoms with E-state index in [0.717, 1.165) is 25.7 Å². The highest BCUT2D eigenvalue weighted by molar-refractivity contribution is 5.85. The number of hydrogen-bond donors (Lipinski definition) is 0. The monoisotopic (exact) mass is 154 g/mol. The highest BCUT2D eigenvalue weighted by Crippen LogP contribution is 2.54. The Bertz CT molecular complexity index is 152. The van der Waals surface area contributed by atoms with Crippen molar-refractivity contribution >= 4 is 5.78 Å². The van der Waals surface area contributed by atoms with Gasteiger partial charge in [-0.1, -0.05) is 26.7 Å². The average Bonchev–Trinajstić information content (AvgIpc) is 2.71. The molecule has 0 atom stereocenters. The molecule has 0 aromatic heterocycles. The first-order valence-electron chi connectivity index (χ1n) is 4.68. The van der Waals surface area contributed by atoms with Crippen LogP contribution in [0.25, 0.3) is 0 Å². The maximum Gasteiger partial charge on any atom is 0.136 e. The summed E-state index contributed by atoms with van der Waals surface area (Å²) in [4.78, 5) is 11.3. The molecule has 0 bridgehead atoms. The van der Waals surface area contributed by atoms with Gasteiger partial charge in [-0.2, -0.15) is 0 Å². The highest BCUT2D eigenvalue weighted by Gasteiger charge is 2.51. The Balaban J connectivity index is 2.63. The Morgan fingerprint density at radius 1 is 1.36 bits per heavy atom. The molecule has 1 heteroatoms. The number of ketones is 1. The lowest BCUT2D eigenvalue weighted by Gasteiger charge is -2.21. The Labute approximate surface area is 69.2 Å². The minimum absolute atomic E-state index is 0.128. The predicted octanol–water partition coefficient (Wildman–Crippen LogP) is 2.79. The smallest absolute Gasteiger partial charge is 0.136 e. The molecular formula is C10H18O. The van der Waals surface area contributed by atoms with E-state index in [1.807, 2.05) is 0 Å². The Hall–Kier alpha value is -0.330. The molecule has 1 aliphatic carbocycles. The molecule has 0 aromatic rings. The predicted molar refractivity (Wildman–Crippen MR) is 46.4 cm³/mol. The average molecular weight is 154 g/mol. The van der Waals surface area contributed by atoms with Crippen LogP contribution in [0.15, 0.2) is 0 Å². The van der Waals surface area contributed by atoms with Crippen molar-refractivity contribution in [2.45, 2.75) is 46.5 Å². The fraction of sp³-hybridized carbons (Fsp3) is 0.900. The van der Waals surface area contributed by atoms with E-state index in [1.165, 1.54) is 0 Å². The first-order chi connectivity index (χ1) is 5.17. The van der Waals surface area contributed by atoms with Gasteiger partial charge in [0.2, 0.25) is 0 Å². The first-order valence-corrected chi connectivity index (χ1v) is 4.68. The van der Waals surface area contributed by atoms with Gasteiger partial charge in [-0.25, -0.2) is 0 Å². The standard InChI is InChI=1S/C10H18O/c1-4-9(5-2)10(6-7-10)8(3)11/h9H,4-7H2,1-3H3. The highest BCUT2D eigenvalue weighted by atomic mass is 16.1. The third-order valence-corrected chi connectivity index (χ3v) is 3.26. The van der Waals surface area contributed by atoms with Crippen LogP contribution in [0, 0.1) is 11.3 Å². The van der Waals surface area contributed by atoms with Gasteiger partial charge in [-0.3, -0.25) is 4.79 Å². The minimum Gasteiger partial charge on any atom is -0.299 e. The van der Waals surface area contributed by atoms with Crippen molar-refractivity contribution in [3.63, 3.8) is 0 Å². The van der Waals surface area contributed by atoms with Gasteiger partial charge in [-0.05, 0) is 25.7 Å². The third-order valence-electron chi connectivity index (χ3n) is 3.26. The second-order valence-corrected chi connectivity index (χ2v) is 3.73. The van der Waals surface area contributed by atoms with Crippen LogP contribution in [0.3, 0.4) is 0 Å². The van der Waals surface area contributed by atoms with Crippen molar-refractivity contribution in [3.05, 3.63) is 0 Å². The maximum atomic E-state index is 11.3. The van der Waals surface area contributed by atoms with E-state index >= 15 is 0 Å². The molecule has 1 rings (SSSR count). The summed E-state index contributed by atoms with van der Waals surface area (Å²) in [6.45, 7) is 6.14. The van der Waals surface area contributed by atoms with Crippen molar-refractivity contribution in [2.75, 3.05) is 0 Å². The lowest BCUT2D eigenvalue weighted by molar-refractivity contribution is -0.124. The van der Waals surface area contributed by atoms with Crippen LogP contribution >= 0.6 is 0 Å². The summed E-state index contributed by atoms with van der Waals surface area (Å²) in [7, 11) is 0. The zero-order valence-electron chi connectivity index (χ0n) is 7.81. The number of carbonyl (C=O) groups excluding carboxylic acids is 1. The van der Waals surface area contributed by atoms with E-state index in [-0.39, 0.29) is 5.41 Å². The van der Waals surface area contributed by atoms with Gasteiger partial charge in [0.05, 0.1) is 0 Å². The zero-order valence-corrected chi connectivity index (χ0v) is 7.81. The summed E-state index contributed by atoms with van der Waals surface area (Å²) in [5.41, 5.74) is 0.128.